The number of amides is 1. The smallest absolute Gasteiger partial charge is 0.240 e. The molecule has 0 bridgehead atoms. The average molecular weight is 500 g/mol. The molecular formula is C18H18Cl3FN2O3S2. The van der Waals surface area contributed by atoms with Crippen LogP contribution in [0.4, 0.5) is 10.1 Å². The molecule has 0 radical (unpaired) electrons. The van der Waals surface area contributed by atoms with Crippen LogP contribution in [0, 0.1) is 5.82 Å². The summed E-state index contributed by atoms with van der Waals surface area (Å²) in [6.07, 6.45) is 0.989. The number of anilines is 1. The molecule has 0 saturated carbocycles. The van der Waals surface area contributed by atoms with Gasteiger partial charge < -0.3 is 5.32 Å². The van der Waals surface area contributed by atoms with Crippen molar-refractivity contribution in [3.63, 3.8) is 0 Å². The molecule has 1 N–H and O–H groups in total. The number of nitrogens with one attached hydrogen (secondary N) is 1. The van der Waals surface area contributed by atoms with Gasteiger partial charge in [0.1, 0.15) is 12.4 Å². The number of hydrogen-bond donors (Lipinski definition) is 1. The Morgan fingerprint density at radius 3 is 2.41 bits per heavy atom. The number of carbonyl (C=O) groups excluding carboxylic acids is 1. The third-order valence-electron chi connectivity index (χ3n) is 3.70. The first-order chi connectivity index (χ1) is 13.6. The van der Waals surface area contributed by atoms with E-state index >= 15 is 0 Å². The van der Waals surface area contributed by atoms with Gasteiger partial charge in [-0.05, 0) is 30.3 Å². The van der Waals surface area contributed by atoms with Gasteiger partial charge in [0.05, 0.1) is 11.9 Å². The largest absolute Gasteiger partial charge is 0.354 e. The van der Waals surface area contributed by atoms with Gasteiger partial charge in [0.15, 0.2) is 0 Å². The van der Waals surface area contributed by atoms with Crippen molar-refractivity contribution in [2.24, 2.45) is 0 Å². The van der Waals surface area contributed by atoms with Crippen molar-refractivity contribution >= 4 is 68.2 Å². The van der Waals surface area contributed by atoms with Crippen molar-refractivity contribution < 1.29 is 17.6 Å². The molecule has 0 heterocycles. The molecule has 0 aliphatic rings. The van der Waals surface area contributed by atoms with Crippen molar-refractivity contribution in [1.29, 1.82) is 0 Å². The summed E-state index contributed by atoms with van der Waals surface area (Å²) >= 11 is 19.2. The van der Waals surface area contributed by atoms with E-state index in [0.29, 0.717) is 22.1 Å². The predicted octanol–water partition coefficient (Wildman–Crippen LogP) is 4.60. The van der Waals surface area contributed by atoms with Gasteiger partial charge in [0.25, 0.3) is 0 Å². The first kappa shape index (κ1) is 24.1. The number of halogens is 4. The van der Waals surface area contributed by atoms with Gasteiger partial charge in [-0.15, -0.1) is 0 Å². The number of benzene rings is 2. The Morgan fingerprint density at radius 1 is 1.17 bits per heavy atom. The Hall–Kier alpha value is -1.19. The molecule has 5 nitrogen and oxygen atoms in total. The molecule has 2 rings (SSSR count). The fourth-order valence-electron chi connectivity index (χ4n) is 2.38. The van der Waals surface area contributed by atoms with Crippen LogP contribution in [0.3, 0.4) is 0 Å². The zero-order chi connectivity index (χ0) is 21.6. The monoisotopic (exact) mass is 498 g/mol. The van der Waals surface area contributed by atoms with Crippen LogP contribution < -0.4 is 9.62 Å². The van der Waals surface area contributed by atoms with E-state index in [4.69, 9.17) is 34.8 Å². The molecule has 0 aliphatic carbocycles. The molecule has 0 atom stereocenters. The Labute approximate surface area is 188 Å². The molecule has 2 aromatic rings. The number of hydrogen-bond acceptors (Lipinski definition) is 4. The highest BCUT2D eigenvalue weighted by Crippen LogP contribution is 2.27. The van der Waals surface area contributed by atoms with Crippen molar-refractivity contribution in [2.45, 2.75) is 5.75 Å². The first-order valence-electron chi connectivity index (χ1n) is 8.29. The lowest BCUT2D eigenvalue weighted by Crippen LogP contribution is -2.41. The van der Waals surface area contributed by atoms with Crippen molar-refractivity contribution in [2.75, 3.05) is 29.4 Å². The Balaban J connectivity index is 1.89. The topological polar surface area (TPSA) is 66.5 Å². The standard InChI is InChI=1S/C18H18Cl3FN2O3S2/c1-29(26,27)24(14-8-12(19)7-13(20)9-14)10-18(25)23-5-6-28-11-15-16(21)3-2-4-17(15)22/h2-4,7-9H,5-6,10-11H2,1H3,(H,23,25). The van der Waals surface area contributed by atoms with E-state index in [0.717, 1.165) is 10.6 Å². The summed E-state index contributed by atoms with van der Waals surface area (Å²) in [5.41, 5.74) is 0.607. The van der Waals surface area contributed by atoms with Crippen LogP contribution in [0.25, 0.3) is 0 Å². The second-order valence-electron chi connectivity index (χ2n) is 6.00. The van der Waals surface area contributed by atoms with Crippen molar-refractivity contribution in [3.05, 3.63) is 62.8 Å². The average Bonchev–Trinajstić information content (AvgIpc) is 2.59. The Kier molecular flexibility index (Phi) is 8.91. The molecule has 1 amide bonds. The highest BCUT2D eigenvalue weighted by atomic mass is 35.5. The highest BCUT2D eigenvalue weighted by Gasteiger charge is 2.21. The zero-order valence-corrected chi connectivity index (χ0v) is 19.2. The molecule has 2 aromatic carbocycles. The first-order valence-corrected chi connectivity index (χ1v) is 12.4. The molecule has 158 valence electrons. The third kappa shape index (κ3) is 7.53. The lowest BCUT2D eigenvalue weighted by molar-refractivity contribution is -0.119. The molecule has 0 spiro atoms. The van der Waals surface area contributed by atoms with Crippen LogP contribution in [0.5, 0.6) is 0 Å². The summed E-state index contributed by atoms with van der Waals surface area (Å²) in [6.45, 7) is -0.136. The lowest BCUT2D eigenvalue weighted by atomic mass is 10.2. The molecule has 29 heavy (non-hydrogen) atoms. The molecule has 11 heteroatoms. The number of rotatable bonds is 9. The van der Waals surface area contributed by atoms with Crippen LogP contribution in [0.1, 0.15) is 5.56 Å². The summed E-state index contributed by atoms with van der Waals surface area (Å²) in [5, 5.41) is 3.50. The minimum Gasteiger partial charge on any atom is -0.354 e. The minimum atomic E-state index is -3.73. The lowest BCUT2D eigenvalue weighted by Gasteiger charge is -2.22. The third-order valence-corrected chi connectivity index (χ3v) is 6.62. The van der Waals surface area contributed by atoms with Crippen molar-refractivity contribution in [1.82, 2.24) is 5.32 Å². The summed E-state index contributed by atoms with van der Waals surface area (Å²) in [4.78, 5) is 12.2. The number of sulfonamides is 1. The number of nitrogens with zero attached hydrogens (tertiary/aromatic N) is 1. The predicted molar refractivity (Wildman–Crippen MR) is 119 cm³/mol. The molecule has 0 aliphatic heterocycles. The van der Waals surface area contributed by atoms with Crippen LogP contribution in [0.2, 0.25) is 15.1 Å². The van der Waals surface area contributed by atoms with E-state index in [1.807, 2.05) is 0 Å². The van der Waals surface area contributed by atoms with E-state index in [1.54, 1.807) is 6.07 Å². The fourth-order valence-corrected chi connectivity index (χ4v) is 4.93. The molecule has 0 saturated heterocycles. The van der Waals surface area contributed by atoms with E-state index in [2.05, 4.69) is 5.32 Å². The maximum atomic E-state index is 13.7. The van der Waals surface area contributed by atoms with Gasteiger partial charge in [0.2, 0.25) is 15.9 Å². The van der Waals surface area contributed by atoms with Gasteiger partial charge in [-0.2, -0.15) is 11.8 Å². The number of carbonyl (C=O) groups is 1. The van der Waals surface area contributed by atoms with E-state index in [-0.39, 0.29) is 28.1 Å². The van der Waals surface area contributed by atoms with Gasteiger partial charge in [-0.25, -0.2) is 12.8 Å². The fraction of sp³-hybridized carbons (Fsp3) is 0.278. The maximum absolute atomic E-state index is 13.7. The van der Waals surface area contributed by atoms with E-state index < -0.39 is 22.5 Å². The van der Waals surface area contributed by atoms with Gasteiger partial charge in [-0.1, -0.05) is 40.9 Å². The second kappa shape index (κ2) is 10.7. The highest BCUT2D eigenvalue weighted by molar-refractivity contribution is 7.98. The van der Waals surface area contributed by atoms with Gasteiger partial charge in [-0.3, -0.25) is 9.10 Å². The molecule has 0 fully saturated rings. The Morgan fingerprint density at radius 2 is 1.83 bits per heavy atom. The summed E-state index contributed by atoms with van der Waals surface area (Å²) in [6, 6.07) is 8.78. The van der Waals surface area contributed by atoms with E-state index in [9.17, 15) is 17.6 Å². The minimum absolute atomic E-state index is 0.198. The normalized spacial score (nSPS) is 11.3. The van der Waals surface area contributed by atoms with Crippen molar-refractivity contribution in [3.8, 4) is 0 Å². The summed E-state index contributed by atoms with van der Waals surface area (Å²) in [7, 11) is -3.73. The van der Waals surface area contributed by atoms with E-state index in [1.165, 1.54) is 42.1 Å². The van der Waals surface area contributed by atoms with Gasteiger partial charge in [0, 0.05) is 38.7 Å². The molecule has 0 aromatic heterocycles. The zero-order valence-electron chi connectivity index (χ0n) is 15.3. The SMILES string of the molecule is CS(=O)(=O)N(CC(=O)NCCSCc1c(F)cccc1Cl)c1cc(Cl)cc(Cl)c1. The van der Waals surface area contributed by atoms with Crippen LogP contribution in [-0.4, -0.2) is 39.4 Å². The second-order valence-corrected chi connectivity index (χ2v) is 10.3. The summed E-state index contributed by atoms with van der Waals surface area (Å²) in [5.74, 6) is -0.00934. The quantitative estimate of drug-likeness (QED) is 0.512. The molecule has 0 unspecified atom stereocenters. The summed E-state index contributed by atoms with van der Waals surface area (Å²) < 4.78 is 38.8. The van der Waals surface area contributed by atoms with Crippen LogP contribution in [0.15, 0.2) is 36.4 Å². The Bertz CT molecular complexity index is 950. The van der Waals surface area contributed by atoms with Crippen LogP contribution >= 0.6 is 46.6 Å². The number of thioether (sulfide) groups is 1. The maximum Gasteiger partial charge on any atom is 0.240 e. The van der Waals surface area contributed by atoms with Crippen LogP contribution in [-0.2, 0) is 20.6 Å². The van der Waals surface area contributed by atoms with Gasteiger partial charge >= 0.3 is 0 Å². The molecular weight excluding hydrogens is 482 g/mol.